The van der Waals surface area contributed by atoms with Crippen molar-refractivity contribution in [3.8, 4) is 0 Å². The highest BCUT2D eigenvalue weighted by Crippen LogP contribution is 2.76. The molecule has 4 aliphatic rings. The van der Waals surface area contributed by atoms with E-state index in [-0.39, 0.29) is 16.7 Å². The van der Waals surface area contributed by atoms with Gasteiger partial charge in [0, 0.05) is 16.9 Å². The minimum absolute atomic E-state index is 0.0236. The van der Waals surface area contributed by atoms with Crippen LogP contribution < -0.4 is 0 Å². The largest absolute Gasteiger partial charge is 0.478 e. The van der Waals surface area contributed by atoms with E-state index in [9.17, 15) is 14.7 Å². The van der Waals surface area contributed by atoms with Crippen LogP contribution in [0.5, 0.6) is 0 Å². The molecule has 3 fully saturated rings. The lowest BCUT2D eigenvalue weighted by molar-refractivity contribution is -0.134. The number of carbonyl (C=O) groups is 2. The van der Waals surface area contributed by atoms with Crippen LogP contribution in [0, 0.1) is 34.5 Å². The van der Waals surface area contributed by atoms with Gasteiger partial charge in [-0.05, 0) is 61.7 Å². The van der Waals surface area contributed by atoms with E-state index in [0.717, 1.165) is 19.1 Å². The van der Waals surface area contributed by atoms with Gasteiger partial charge in [0.05, 0.1) is 0 Å². The van der Waals surface area contributed by atoms with Gasteiger partial charge in [-0.3, -0.25) is 0 Å². The van der Waals surface area contributed by atoms with Crippen LogP contribution in [-0.2, 0) is 9.59 Å². The Morgan fingerprint density at radius 1 is 1.17 bits per heavy atom. The Morgan fingerprint density at radius 2 is 1.87 bits per heavy atom. The van der Waals surface area contributed by atoms with Gasteiger partial charge in [-0.1, -0.05) is 32.3 Å². The van der Waals surface area contributed by atoms with Gasteiger partial charge in [-0.2, -0.15) is 0 Å². The quantitative estimate of drug-likeness (QED) is 0.793. The van der Waals surface area contributed by atoms with E-state index < -0.39 is 5.97 Å². The van der Waals surface area contributed by atoms with Crippen molar-refractivity contribution in [3.63, 3.8) is 0 Å². The van der Waals surface area contributed by atoms with Crippen molar-refractivity contribution in [2.75, 3.05) is 0 Å². The van der Waals surface area contributed by atoms with Crippen molar-refractivity contribution in [1.29, 1.82) is 0 Å². The number of aliphatic carboxylic acids is 1. The van der Waals surface area contributed by atoms with Gasteiger partial charge >= 0.3 is 5.97 Å². The molecule has 0 amide bonds. The molecule has 3 saturated carbocycles. The van der Waals surface area contributed by atoms with Crippen molar-refractivity contribution >= 4 is 12.3 Å². The predicted molar refractivity (Wildman–Crippen MR) is 87.8 cm³/mol. The SMILES string of the molecule is CC1CCC2CC3=C(C(=O)O)C(C=O)CC31C2(C)C1CCCC1. The van der Waals surface area contributed by atoms with Crippen LogP contribution >= 0.6 is 0 Å². The highest BCUT2D eigenvalue weighted by molar-refractivity contribution is 5.94. The number of hydrogen-bond acceptors (Lipinski definition) is 2. The van der Waals surface area contributed by atoms with Crippen LogP contribution in [-0.4, -0.2) is 17.4 Å². The van der Waals surface area contributed by atoms with Crippen LogP contribution in [0.15, 0.2) is 11.1 Å². The first kappa shape index (κ1) is 15.4. The number of rotatable bonds is 3. The maximum absolute atomic E-state index is 11.9. The topological polar surface area (TPSA) is 54.4 Å². The molecule has 0 heterocycles. The predicted octanol–water partition coefficient (Wildman–Crippen LogP) is 4.22. The Kier molecular flexibility index (Phi) is 3.31. The number of carboxylic acids is 1. The van der Waals surface area contributed by atoms with Crippen LogP contribution in [0.25, 0.3) is 0 Å². The van der Waals surface area contributed by atoms with E-state index in [1.165, 1.54) is 44.1 Å². The molecule has 126 valence electrons. The molecule has 5 atom stereocenters. The summed E-state index contributed by atoms with van der Waals surface area (Å²) in [4.78, 5) is 23.6. The zero-order chi connectivity index (χ0) is 16.4. The Morgan fingerprint density at radius 3 is 2.48 bits per heavy atom. The van der Waals surface area contributed by atoms with Gasteiger partial charge in [0.2, 0.25) is 0 Å². The van der Waals surface area contributed by atoms with E-state index in [1.807, 2.05) is 0 Å². The van der Waals surface area contributed by atoms with Gasteiger partial charge in [0.1, 0.15) is 6.29 Å². The van der Waals surface area contributed by atoms with E-state index >= 15 is 0 Å². The Balaban J connectivity index is 1.92. The highest BCUT2D eigenvalue weighted by Gasteiger charge is 2.70. The van der Waals surface area contributed by atoms with Gasteiger partial charge < -0.3 is 9.90 Å². The van der Waals surface area contributed by atoms with Gasteiger partial charge in [-0.15, -0.1) is 0 Å². The van der Waals surface area contributed by atoms with Crippen molar-refractivity contribution in [1.82, 2.24) is 0 Å². The standard InChI is InChI=1S/C20H28O3/c1-12-7-8-15-9-16-17(18(22)23)13(11-21)10-20(12,16)19(15,2)14-5-3-4-6-14/h11-15H,3-10H2,1-2H3,(H,22,23). The maximum atomic E-state index is 11.9. The lowest BCUT2D eigenvalue weighted by atomic mass is 9.47. The van der Waals surface area contributed by atoms with Crippen LogP contribution in [0.4, 0.5) is 0 Å². The summed E-state index contributed by atoms with van der Waals surface area (Å²) in [5, 5.41) is 9.78. The number of hydrogen-bond donors (Lipinski definition) is 1. The van der Waals surface area contributed by atoms with Crippen molar-refractivity contribution < 1.29 is 14.7 Å². The summed E-state index contributed by atoms with van der Waals surface area (Å²) >= 11 is 0. The first-order valence-corrected chi connectivity index (χ1v) is 9.39. The van der Waals surface area contributed by atoms with Crippen molar-refractivity contribution in [2.24, 2.45) is 34.5 Å². The fourth-order valence-electron chi connectivity index (χ4n) is 7.45. The van der Waals surface area contributed by atoms with E-state index in [4.69, 9.17) is 0 Å². The molecule has 4 aliphatic carbocycles. The molecule has 0 aromatic rings. The zero-order valence-corrected chi connectivity index (χ0v) is 14.3. The summed E-state index contributed by atoms with van der Waals surface area (Å²) in [5.41, 5.74) is 1.83. The molecule has 0 radical (unpaired) electrons. The molecular weight excluding hydrogens is 288 g/mol. The first-order chi connectivity index (χ1) is 11.0. The van der Waals surface area contributed by atoms with E-state index in [2.05, 4.69) is 13.8 Å². The zero-order valence-electron chi connectivity index (χ0n) is 14.3. The second kappa shape index (κ2) is 4.94. The summed E-state index contributed by atoms with van der Waals surface area (Å²) in [6, 6.07) is 0. The van der Waals surface area contributed by atoms with Crippen LogP contribution in [0.2, 0.25) is 0 Å². The maximum Gasteiger partial charge on any atom is 0.332 e. The molecule has 0 saturated heterocycles. The molecule has 23 heavy (non-hydrogen) atoms. The molecule has 3 heteroatoms. The van der Waals surface area contributed by atoms with Crippen molar-refractivity contribution in [2.45, 2.75) is 65.2 Å². The molecule has 0 aliphatic heterocycles. The number of fused-ring (bicyclic) bond motifs is 1. The summed E-state index contributed by atoms with van der Waals surface area (Å²) in [6.07, 6.45) is 10.3. The lowest BCUT2D eigenvalue weighted by Gasteiger charge is -2.56. The summed E-state index contributed by atoms with van der Waals surface area (Å²) in [7, 11) is 0. The molecule has 4 rings (SSSR count). The van der Waals surface area contributed by atoms with Gasteiger partial charge in [0.25, 0.3) is 0 Å². The summed E-state index contributed by atoms with van der Waals surface area (Å²) in [6.45, 7) is 4.78. The number of carboxylic acid groups (broad SMARTS) is 1. The lowest BCUT2D eigenvalue weighted by Crippen LogP contribution is -2.51. The third-order valence-electron chi connectivity index (χ3n) is 8.42. The molecule has 0 aromatic carbocycles. The molecule has 3 nitrogen and oxygen atoms in total. The minimum atomic E-state index is -0.845. The third kappa shape index (κ3) is 1.66. The Labute approximate surface area is 138 Å². The fraction of sp³-hybridized carbons (Fsp3) is 0.800. The average Bonchev–Trinajstić information content (AvgIpc) is 3.17. The first-order valence-electron chi connectivity index (χ1n) is 9.39. The minimum Gasteiger partial charge on any atom is -0.478 e. The van der Waals surface area contributed by atoms with E-state index in [1.54, 1.807) is 0 Å². The number of allylic oxidation sites excluding steroid dienone is 1. The van der Waals surface area contributed by atoms with Gasteiger partial charge in [-0.25, -0.2) is 4.79 Å². The fourth-order valence-corrected chi connectivity index (χ4v) is 7.45. The smallest absolute Gasteiger partial charge is 0.332 e. The summed E-state index contributed by atoms with van der Waals surface area (Å²) in [5.74, 6) is 0.611. The summed E-state index contributed by atoms with van der Waals surface area (Å²) < 4.78 is 0. The second-order valence-electron chi connectivity index (χ2n) is 8.76. The van der Waals surface area contributed by atoms with E-state index in [0.29, 0.717) is 23.3 Å². The number of aldehydes is 1. The molecule has 1 spiro atoms. The second-order valence-corrected chi connectivity index (χ2v) is 8.76. The monoisotopic (exact) mass is 316 g/mol. The van der Waals surface area contributed by atoms with Crippen LogP contribution in [0.3, 0.4) is 0 Å². The van der Waals surface area contributed by atoms with Crippen LogP contribution in [0.1, 0.15) is 65.2 Å². The van der Waals surface area contributed by atoms with Gasteiger partial charge in [0.15, 0.2) is 0 Å². The highest BCUT2D eigenvalue weighted by atomic mass is 16.4. The molecule has 5 unspecified atom stereocenters. The average molecular weight is 316 g/mol. The number of carbonyl (C=O) groups excluding carboxylic acids is 1. The molecule has 0 aromatic heterocycles. The normalized spacial score (nSPS) is 46.3. The molecule has 2 bridgehead atoms. The molecular formula is C20H28O3. The third-order valence-corrected chi connectivity index (χ3v) is 8.42. The Bertz CT molecular complexity index is 586. The molecule has 1 N–H and O–H groups in total. The van der Waals surface area contributed by atoms with Crippen molar-refractivity contribution in [3.05, 3.63) is 11.1 Å². The Hall–Kier alpha value is -1.12.